The van der Waals surface area contributed by atoms with E-state index in [9.17, 15) is 9.50 Å². The molecule has 0 spiro atoms. The third-order valence-electron chi connectivity index (χ3n) is 4.81. The maximum absolute atomic E-state index is 14.3. The molecule has 2 aromatic carbocycles. The summed E-state index contributed by atoms with van der Waals surface area (Å²) in [5.74, 6) is 0.0561. The van der Waals surface area contributed by atoms with Gasteiger partial charge >= 0.3 is 0 Å². The molecule has 5 nitrogen and oxygen atoms in total. The van der Waals surface area contributed by atoms with E-state index in [-0.39, 0.29) is 5.82 Å². The van der Waals surface area contributed by atoms with E-state index in [0.29, 0.717) is 37.7 Å². The van der Waals surface area contributed by atoms with E-state index in [0.717, 1.165) is 11.1 Å². The number of halogens is 1. The summed E-state index contributed by atoms with van der Waals surface area (Å²) in [5, 5.41) is 11.5. The zero-order valence-corrected chi connectivity index (χ0v) is 17.8. The van der Waals surface area contributed by atoms with Gasteiger partial charge in [-0.05, 0) is 42.2 Å². The predicted molar refractivity (Wildman–Crippen MR) is 114 cm³/mol. The van der Waals surface area contributed by atoms with E-state index in [1.165, 1.54) is 23.5 Å². The van der Waals surface area contributed by atoms with Crippen LogP contribution in [0.5, 0.6) is 5.88 Å². The molecular weight excluding hydrogens is 389 g/mol. The number of methoxy groups -OCH3 is 1. The van der Waals surface area contributed by atoms with Crippen molar-refractivity contribution < 1.29 is 14.2 Å². The second-order valence-electron chi connectivity index (χ2n) is 8.22. The number of fused-ring (bicyclic) bond motifs is 2. The molecule has 0 aliphatic heterocycles. The molecule has 4 aromatic rings. The van der Waals surface area contributed by atoms with Crippen molar-refractivity contribution in [2.24, 2.45) is 5.41 Å². The van der Waals surface area contributed by atoms with Crippen LogP contribution < -0.4 is 4.74 Å². The Morgan fingerprint density at radius 3 is 2.55 bits per heavy atom. The van der Waals surface area contributed by atoms with Gasteiger partial charge in [0.25, 0.3) is 0 Å². The molecule has 0 aliphatic carbocycles. The van der Waals surface area contributed by atoms with Gasteiger partial charge in [0.1, 0.15) is 10.8 Å². The van der Waals surface area contributed by atoms with Crippen LogP contribution in [-0.4, -0.2) is 27.2 Å². The quantitative estimate of drug-likeness (QED) is 0.486. The summed E-state index contributed by atoms with van der Waals surface area (Å²) in [5.41, 5.74) is 3.92. The fourth-order valence-electron chi connectivity index (χ4n) is 3.32. The molecule has 150 valence electrons. The number of hydrogen-bond acceptors (Lipinski definition) is 6. The lowest BCUT2D eigenvalue weighted by atomic mass is 9.84. The Hall–Kier alpha value is -2.64. The zero-order valence-electron chi connectivity index (χ0n) is 16.9. The van der Waals surface area contributed by atoms with Crippen molar-refractivity contribution in [3.8, 4) is 16.5 Å². The van der Waals surface area contributed by atoms with E-state index in [1.807, 2.05) is 39.8 Å². The smallest absolute Gasteiger partial charge is 0.232 e. The Labute approximate surface area is 172 Å². The Balaban J connectivity index is 1.96. The number of nitrogens with zero attached hydrogens (tertiary/aromatic N) is 3. The van der Waals surface area contributed by atoms with Gasteiger partial charge in [0, 0.05) is 11.1 Å². The van der Waals surface area contributed by atoms with E-state index >= 15 is 0 Å². The Bertz CT molecular complexity index is 1230. The third kappa shape index (κ3) is 3.56. The van der Waals surface area contributed by atoms with Gasteiger partial charge in [-0.3, -0.25) is 0 Å². The summed E-state index contributed by atoms with van der Waals surface area (Å²) in [4.78, 5) is 13.8. The molecule has 4 rings (SSSR count). The number of aromatic nitrogens is 3. The molecule has 29 heavy (non-hydrogen) atoms. The van der Waals surface area contributed by atoms with Crippen LogP contribution >= 0.6 is 11.3 Å². The van der Waals surface area contributed by atoms with Gasteiger partial charge in [0.15, 0.2) is 0 Å². The Kier molecular flexibility index (Phi) is 4.75. The van der Waals surface area contributed by atoms with E-state index in [2.05, 4.69) is 9.97 Å². The number of thiazole rings is 1. The number of benzene rings is 2. The summed E-state index contributed by atoms with van der Waals surface area (Å²) in [6.07, 6.45) is 0.733. The molecule has 0 radical (unpaired) electrons. The number of ether oxygens (including phenoxy) is 1. The third-order valence-corrected chi connectivity index (χ3v) is 5.85. The van der Waals surface area contributed by atoms with E-state index in [1.54, 1.807) is 13.3 Å². The highest BCUT2D eigenvalue weighted by atomic mass is 32.1. The molecule has 0 aliphatic rings. The number of aliphatic hydroxyl groups excluding tert-OH is 1. The molecule has 0 amide bonds. The normalized spacial score (nSPS) is 13.2. The molecule has 0 saturated carbocycles. The maximum Gasteiger partial charge on any atom is 0.232 e. The van der Waals surface area contributed by atoms with Crippen LogP contribution in [-0.2, 0) is 0 Å². The first-order chi connectivity index (χ1) is 13.7. The SMILES string of the molecule is COc1cnc2c(-c3nc4c(C(O)C(C)(C)C)cc(F)cc4s3)cc(C)cc2n1. The first kappa shape index (κ1) is 19.7. The monoisotopic (exact) mass is 411 g/mol. The topological polar surface area (TPSA) is 68.1 Å². The largest absolute Gasteiger partial charge is 0.480 e. The minimum absolute atomic E-state index is 0.385. The number of rotatable bonds is 3. The van der Waals surface area contributed by atoms with Crippen molar-refractivity contribution in [1.29, 1.82) is 0 Å². The maximum atomic E-state index is 14.3. The predicted octanol–water partition coefficient (Wildman–Crippen LogP) is 5.44. The van der Waals surface area contributed by atoms with Gasteiger partial charge in [-0.15, -0.1) is 11.3 Å². The van der Waals surface area contributed by atoms with Crippen molar-refractivity contribution in [2.75, 3.05) is 7.11 Å². The summed E-state index contributed by atoms with van der Waals surface area (Å²) < 4.78 is 20.2. The van der Waals surface area contributed by atoms with Crippen molar-refractivity contribution in [2.45, 2.75) is 33.8 Å². The van der Waals surface area contributed by atoms with Crippen LogP contribution in [0.1, 0.15) is 38.0 Å². The zero-order chi connectivity index (χ0) is 20.9. The van der Waals surface area contributed by atoms with Gasteiger partial charge < -0.3 is 9.84 Å². The molecule has 0 fully saturated rings. The lowest BCUT2D eigenvalue weighted by Crippen LogP contribution is -2.18. The van der Waals surface area contributed by atoms with Gasteiger partial charge in [-0.1, -0.05) is 20.8 Å². The van der Waals surface area contributed by atoms with Crippen molar-refractivity contribution in [3.05, 3.63) is 47.4 Å². The van der Waals surface area contributed by atoms with Crippen LogP contribution in [0.2, 0.25) is 0 Å². The van der Waals surface area contributed by atoms with Crippen LogP contribution in [0, 0.1) is 18.2 Å². The number of hydrogen-bond donors (Lipinski definition) is 1. The summed E-state index contributed by atoms with van der Waals surface area (Å²) in [6, 6.07) is 6.77. The van der Waals surface area contributed by atoms with Gasteiger partial charge in [-0.2, -0.15) is 0 Å². The first-order valence-electron chi connectivity index (χ1n) is 9.27. The fourth-order valence-corrected chi connectivity index (χ4v) is 4.36. The molecule has 0 bridgehead atoms. The fraction of sp³-hybridized carbons (Fsp3) is 0.318. The highest BCUT2D eigenvalue weighted by molar-refractivity contribution is 7.21. The van der Waals surface area contributed by atoms with Gasteiger partial charge in [0.2, 0.25) is 5.88 Å². The standard InChI is InChI=1S/C22H22FN3O2S/c1-11-6-14(18-15(7-11)25-17(28-5)10-24-18)21-26-19-13(20(27)22(2,3)4)8-12(23)9-16(19)29-21/h6-10,20,27H,1-5H3. The van der Waals surface area contributed by atoms with E-state index < -0.39 is 11.5 Å². The highest BCUT2D eigenvalue weighted by Crippen LogP contribution is 2.41. The van der Waals surface area contributed by atoms with Crippen LogP contribution in [0.15, 0.2) is 30.5 Å². The molecule has 1 atom stereocenters. The summed E-state index contributed by atoms with van der Waals surface area (Å²) >= 11 is 1.38. The molecule has 2 heterocycles. The van der Waals surface area contributed by atoms with Gasteiger partial charge in [-0.25, -0.2) is 19.3 Å². The second kappa shape index (κ2) is 7.00. The minimum Gasteiger partial charge on any atom is -0.480 e. The number of aryl methyl sites for hydroxylation is 1. The van der Waals surface area contributed by atoms with Gasteiger partial charge in [0.05, 0.1) is 40.7 Å². The van der Waals surface area contributed by atoms with Crippen molar-refractivity contribution in [1.82, 2.24) is 15.0 Å². The highest BCUT2D eigenvalue weighted by Gasteiger charge is 2.27. The lowest BCUT2D eigenvalue weighted by Gasteiger charge is -2.26. The summed E-state index contributed by atoms with van der Waals surface area (Å²) in [7, 11) is 1.55. The summed E-state index contributed by atoms with van der Waals surface area (Å²) in [6.45, 7) is 7.72. The van der Waals surface area contributed by atoms with Crippen LogP contribution in [0.3, 0.4) is 0 Å². The van der Waals surface area contributed by atoms with E-state index in [4.69, 9.17) is 9.72 Å². The molecule has 1 unspecified atom stereocenters. The lowest BCUT2D eigenvalue weighted by molar-refractivity contribution is 0.0635. The number of aliphatic hydroxyl groups is 1. The van der Waals surface area contributed by atoms with Crippen molar-refractivity contribution >= 4 is 32.6 Å². The molecule has 7 heteroatoms. The first-order valence-corrected chi connectivity index (χ1v) is 10.1. The molecular formula is C22H22FN3O2S. The molecule has 0 saturated heterocycles. The molecule has 1 N–H and O–H groups in total. The van der Waals surface area contributed by atoms with Crippen molar-refractivity contribution in [3.63, 3.8) is 0 Å². The molecule has 2 aromatic heterocycles. The minimum atomic E-state index is -0.839. The Morgan fingerprint density at radius 2 is 1.86 bits per heavy atom. The average Bonchev–Trinajstić information content (AvgIpc) is 3.08. The Morgan fingerprint density at radius 1 is 1.10 bits per heavy atom. The van der Waals surface area contributed by atoms with Crippen LogP contribution in [0.4, 0.5) is 4.39 Å². The average molecular weight is 412 g/mol. The second-order valence-corrected chi connectivity index (χ2v) is 9.25. The van der Waals surface area contributed by atoms with Crippen LogP contribution in [0.25, 0.3) is 31.8 Å².